The zero-order valence-electron chi connectivity index (χ0n) is 15.3. The van der Waals surface area contributed by atoms with Gasteiger partial charge in [-0.25, -0.2) is 5.10 Å². The number of benzene rings is 2. The van der Waals surface area contributed by atoms with E-state index in [1.54, 1.807) is 0 Å². The van der Waals surface area contributed by atoms with E-state index in [0.717, 1.165) is 43.7 Å². The van der Waals surface area contributed by atoms with Gasteiger partial charge in [-0.3, -0.25) is 9.69 Å². The van der Waals surface area contributed by atoms with Gasteiger partial charge in [0.1, 0.15) is 0 Å². The van der Waals surface area contributed by atoms with Crippen LogP contribution in [0.2, 0.25) is 0 Å². The summed E-state index contributed by atoms with van der Waals surface area (Å²) in [6, 6.07) is 18.4. The number of fused-ring (bicyclic) bond motifs is 1. The minimum atomic E-state index is -0.142. The molecule has 1 saturated heterocycles. The number of anilines is 1. The summed E-state index contributed by atoms with van der Waals surface area (Å²) in [4.78, 5) is 14.4. The van der Waals surface area contributed by atoms with Crippen molar-refractivity contribution in [2.24, 2.45) is 0 Å². The first kappa shape index (κ1) is 17.5. The topological polar surface area (TPSA) is 61.0 Å². The van der Waals surface area contributed by atoms with Gasteiger partial charge in [-0.05, 0) is 24.5 Å². The molecule has 1 aliphatic rings. The first-order chi connectivity index (χ1) is 13.3. The molecule has 138 valence electrons. The van der Waals surface area contributed by atoms with E-state index in [4.69, 9.17) is 0 Å². The highest BCUT2D eigenvalue weighted by atomic mass is 16.1. The van der Waals surface area contributed by atoms with Crippen LogP contribution in [0.25, 0.3) is 16.8 Å². The van der Waals surface area contributed by atoms with Crippen molar-refractivity contribution in [1.82, 2.24) is 15.1 Å². The molecule has 1 aromatic heterocycles. The highest BCUT2D eigenvalue weighted by Crippen LogP contribution is 2.21. The predicted molar refractivity (Wildman–Crippen MR) is 111 cm³/mol. The maximum absolute atomic E-state index is 11.9. The predicted octanol–water partition coefficient (Wildman–Crippen LogP) is 3.51. The van der Waals surface area contributed by atoms with Crippen LogP contribution in [-0.4, -0.2) is 40.8 Å². The first-order valence-corrected chi connectivity index (χ1v) is 9.47. The SMILES string of the molecule is O=c1[nH]nc(NC2CCN(C/C=C/c3ccccc3)CC2)c2ccccc12. The largest absolute Gasteiger partial charge is 0.365 e. The Bertz CT molecular complexity index is 972. The molecule has 3 aromatic rings. The Morgan fingerprint density at radius 1 is 1.04 bits per heavy atom. The third-order valence-corrected chi connectivity index (χ3v) is 5.10. The van der Waals surface area contributed by atoms with Crippen LogP contribution in [0.5, 0.6) is 0 Å². The lowest BCUT2D eigenvalue weighted by atomic mass is 10.0. The lowest BCUT2D eigenvalue weighted by Crippen LogP contribution is -2.39. The molecular weight excluding hydrogens is 336 g/mol. The Labute approximate surface area is 158 Å². The van der Waals surface area contributed by atoms with Crippen molar-refractivity contribution in [3.63, 3.8) is 0 Å². The van der Waals surface area contributed by atoms with Crippen LogP contribution in [0, 0.1) is 0 Å². The second kappa shape index (κ2) is 8.18. The summed E-state index contributed by atoms with van der Waals surface area (Å²) in [5.41, 5.74) is 1.10. The van der Waals surface area contributed by atoms with Crippen molar-refractivity contribution in [2.75, 3.05) is 25.0 Å². The molecule has 1 fully saturated rings. The molecule has 2 N–H and O–H groups in total. The van der Waals surface area contributed by atoms with Crippen LogP contribution in [0.3, 0.4) is 0 Å². The number of H-pyrrole nitrogens is 1. The Hall–Kier alpha value is -2.92. The number of hydrogen-bond donors (Lipinski definition) is 2. The van der Waals surface area contributed by atoms with E-state index < -0.39 is 0 Å². The Morgan fingerprint density at radius 3 is 2.52 bits per heavy atom. The molecule has 0 bridgehead atoms. The Kier molecular flexibility index (Phi) is 5.30. The summed E-state index contributed by atoms with van der Waals surface area (Å²) < 4.78 is 0. The van der Waals surface area contributed by atoms with Crippen molar-refractivity contribution >= 4 is 22.7 Å². The quantitative estimate of drug-likeness (QED) is 0.731. The molecule has 0 aliphatic carbocycles. The summed E-state index contributed by atoms with van der Waals surface area (Å²) in [5.74, 6) is 0.771. The molecule has 2 aromatic carbocycles. The molecule has 0 unspecified atom stereocenters. The van der Waals surface area contributed by atoms with Gasteiger partial charge in [-0.1, -0.05) is 60.7 Å². The van der Waals surface area contributed by atoms with Crippen molar-refractivity contribution in [1.29, 1.82) is 0 Å². The first-order valence-electron chi connectivity index (χ1n) is 9.47. The molecule has 5 nitrogen and oxygen atoms in total. The van der Waals surface area contributed by atoms with Gasteiger partial charge >= 0.3 is 0 Å². The Morgan fingerprint density at radius 2 is 1.74 bits per heavy atom. The molecular formula is C22H24N4O. The maximum Gasteiger partial charge on any atom is 0.272 e. The average Bonchev–Trinajstić information content (AvgIpc) is 2.72. The lowest BCUT2D eigenvalue weighted by Gasteiger charge is -2.32. The van der Waals surface area contributed by atoms with Gasteiger partial charge in [0.25, 0.3) is 5.56 Å². The van der Waals surface area contributed by atoms with Crippen molar-refractivity contribution in [3.8, 4) is 0 Å². The Balaban J connectivity index is 1.33. The molecule has 5 heteroatoms. The number of nitrogens with zero attached hydrogens (tertiary/aromatic N) is 2. The number of aromatic nitrogens is 2. The van der Waals surface area contributed by atoms with E-state index in [0.29, 0.717) is 11.4 Å². The van der Waals surface area contributed by atoms with Gasteiger partial charge in [0, 0.05) is 31.1 Å². The van der Waals surface area contributed by atoms with Gasteiger partial charge in [0.15, 0.2) is 5.82 Å². The molecule has 1 aliphatic heterocycles. The molecule has 0 spiro atoms. The molecule has 4 rings (SSSR count). The number of aromatic amines is 1. The summed E-state index contributed by atoms with van der Waals surface area (Å²) in [7, 11) is 0. The van der Waals surface area contributed by atoms with E-state index >= 15 is 0 Å². The highest BCUT2D eigenvalue weighted by Gasteiger charge is 2.19. The third kappa shape index (κ3) is 4.26. The van der Waals surface area contributed by atoms with E-state index in [9.17, 15) is 4.79 Å². The van der Waals surface area contributed by atoms with E-state index in [1.165, 1.54) is 5.56 Å². The summed E-state index contributed by atoms with van der Waals surface area (Å²) in [6.07, 6.45) is 6.55. The van der Waals surface area contributed by atoms with Crippen LogP contribution < -0.4 is 10.9 Å². The molecule has 0 amide bonds. The molecule has 27 heavy (non-hydrogen) atoms. The fraction of sp³-hybridized carbons (Fsp3) is 0.273. The number of rotatable bonds is 5. The lowest BCUT2D eigenvalue weighted by molar-refractivity contribution is 0.240. The van der Waals surface area contributed by atoms with E-state index in [2.05, 4.69) is 56.8 Å². The van der Waals surface area contributed by atoms with Crippen molar-refractivity contribution < 1.29 is 0 Å². The number of hydrogen-bond acceptors (Lipinski definition) is 4. The van der Waals surface area contributed by atoms with Crippen LogP contribution in [-0.2, 0) is 0 Å². The second-order valence-electron chi connectivity index (χ2n) is 6.98. The van der Waals surface area contributed by atoms with Crippen LogP contribution >= 0.6 is 0 Å². The zero-order chi connectivity index (χ0) is 18.5. The van der Waals surface area contributed by atoms with Gasteiger partial charge < -0.3 is 5.32 Å². The normalized spacial score (nSPS) is 16.1. The highest BCUT2D eigenvalue weighted by molar-refractivity contribution is 5.90. The molecule has 0 atom stereocenters. The number of piperidine rings is 1. The zero-order valence-corrected chi connectivity index (χ0v) is 15.3. The van der Waals surface area contributed by atoms with E-state index in [-0.39, 0.29) is 5.56 Å². The minimum Gasteiger partial charge on any atom is -0.365 e. The van der Waals surface area contributed by atoms with Gasteiger partial charge in [-0.15, -0.1) is 0 Å². The van der Waals surface area contributed by atoms with Crippen LogP contribution in [0.15, 0.2) is 65.5 Å². The summed E-state index contributed by atoms with van der Waals surface area (Å²) in [5, 5.41) is 11.9. The van der Waals surface area contributed by atoms with Gasteiger partial charge in [0.05, 0.1) is 5.39 Å². The maximum atomic E-state index is 11.9. The monoisotopic (exact) mass is 360 g/mol. The molecule has 0 saturated carbocycles. The summed E-state index contributed by atoms with van der Waals surface area (Å²) >= 11 is 0. The number of nitrogens with one attached hydrogen (secondary N) is 2. The van der Waals surface area contributed by atoms with E-state index in [1.807, 2.05) is 30.3 Å². The summed E-state index contributed by atoms with van der Waals surface area (Å²) in [6.45, 7) is 3.08. The average molecular weight is 360 g/mol. The fourth-order valence-corrected chi connectivity index (χ4v) is 3.58. The second-order valence-corrected chi connectivity index (χ2v) is 6.98. The smallest absolute Gasteiger partial charge is 0.272 e. The van der Waals surface area contributed by atoms with Crippen LogP contribution in [0.1, 0.15) is 18.4 Å². The van der Waals surface area contributed by atoms with Crippen LogP contribution in [0.4, 0.5) is 5.82 Å². The van der Waals surface area contributed by atoms with Gasteiger partial charge in [0.2, 0.25) is 0 Å². The molecule has 0 radical (unpaired) electrons. The van der Waals surface area contributed by atoms with Crippen molar-refractivity contribution in [3.05, 3.63) is 76.6 Å². The third-order valence-electron chi connectivity index (χ3n) is 5.10. The van der Waals surface area contributed by atoms with Gasteiger partial charge in [-0.2, -0.15) is 5.10 Å². The fourth-order valence-electron chi connectivity index (χ4n) is 3.58. The molecule has 2 heterocycles. The standard InChI is InChI=1S/C22H24N4O/c27-22-20-11-5-4-10-19(20)21(24-25-22)23-18-12-15-26(16-13-18)14-6-9-17-7-2-1-3-8-17/h1-11,18H,12-16H2,(H,23,24)(H,25,27)/b9-6+. The minimum absolute atomic E-state index is 0.142. The van der Waals surface area contributed by atoms with Crippen molar-refractivity contribution in [2.45, 2.75) is 18.9 Å². The number of likely N-dealkylation sites (tertiary alicyclic amines) is 1.